The molecule has 2 aliphatic heterocycles. The average molecular weight is 476 g/mol. The number of hydrogen-bond acceptors (Lipinski definition) is 4. The Morgan fingerprint density at radius 2 is 1.58 bits per heavy atom. The minimum atomic E-state index is -3.51. The first-order valence-electron chi connectivity index (χ1n) is 12.9. The van der Waals surface area contributed by atoms with Crippen LogP contribution in [0.1, 0.15) is 75.3 Å². The Bertz CT molecular complexity index is 926. The van der Waals surface area contributed by atoms with Crippen molar-refractivity contribution in [2.45, 2.75) is 88.5 Å². The lowest BCUT2D eigenvalue weighted by molar-refractivity contribution is -0.127. The predicted octanol–water partition coefficient (Wildman–Crippen LogP) is 4.01. The Kier molecular flexibility index (Phi) is 7.81. The minimum Gasteiger partial charge on any atom is -0.354 e. The monoisotopic (exact) mass is 475 g/mol. The van der Waals surface area contributed by atoms with Crippen molar-refractivity contribution in [3.8, 4) is 0 Å². The van der Waals surface area contributed by atoms with Gasteiger partial charge in [-0.2, -0.15) is 4.31 Å². The fourth-order valence-electron chi connectivity index (χ4n) is 5.96. The van der Waals surface area contributed by atoms with Crippen LogP contribution in [-0.4, -0.2) is 61.8 Å². The van der Waals surface area contributed by atoms with Gasteiger partial charge in [0.05, 0.1) is 4.90 Å². The Morgan fingerprint density at radius 3 is 2.21 bits per heavy atom. The zero-order valence-corrected chi connectivity index (χ0v) is 21.3. The molecular formula is C26H41N3O3S. The van der Waals surface area contributed by atoms with Gasteiger partial charge in [0.25, 0.3) is 0 Å². The summed E-state index contributed by atoms with van der Waals surface area (Å²) in [5.74, 6) is 0.0124. The van der Waals surface area contributed by atoms with Crippen molar-refractivity contribution in [1.82, 2.24) is 14.5 Å². The summed E-state index contributed by atoms with van der Waals surface area (Å²) in [6, 6.07) is 5.32. The predicted molar refractivity (Wildman–Crippen MR) is 132 cm³/mol. The molecular weight excluding hydrogens is 434 g/mol. The van der Waals surface area contributed by atoms with E-state index in [1.807, 2.05) is 19.9 Å². The normalized spacial score (nSPS) is 23.3. The van der Waals surface area contributed by atoms with Gasteiger partial charge in [0.2, 0.25) is 15.9 Å². The molecule has 7 heteroatoms. The number of nitrogens with one attached hydrogen (secondary N) is 1. The molecule has 0 unspecified atom stereocenters. The lowest BCUT2D eigenvalue weighted by Gasteiger charge is -2.48. The summed E-state index contributed by atoms with van der Waals surface area (Å²) in [5, 5.41) is 3.31. The van der Waals surface area contributed by atoms with Crippen LogP contribution in [0.5, 0.6) is 0 Å². The van der Waals surface area contributed by atoms with Gasteiger partial charge in [-0.3, -0.25) is 9.69 Å². The molecule has 6 nitrogen and oxygen atoms in total. The van der Waals surface area contributed by atoms with Crippen LogP contribution < -0.4 is 5.32 Å². The highest BCUT2D eigenvalue weighted by molar-refractivity contribution is 7.89. The molecule has 0 bridgehead atoms. The quantitative estimate of drug-likeness (QED) is 0.675. The van der Waals surface area contributed by atoms with Gasteiger partial charge in [-0.15, -0.1) is 0 Å². The standard InChI is InChI=1S/C26H41N3O3S/c1-21-9-10-24(19-22(21)2)33(31,32)29-17-11-23(12-18-29)25(30)27-20-26(13-5-3-6-14-26)28-15-7-4-8-16-28/h9-10,19,23H,3-8,11-18,20H2,1-2H3,(H,27,30). The van der Waals surface area contributed by atoms with Gasteiger partial charge in [0.15, 0.2) is 0 Å². The van der Waals surface area contributed by atoms with E-state index in [9.17, 15) is 13.2 Å². The van der Waals surface area contributed by atoms with Gasteiger partial charge >= 0.3 is 0 Å². The molecule has 2 saturated heterocycles. The number of likely N-dealkylation sites (tertiary alicyclic amines) is 1. The van der Waals surface area contributed by atoms with Crippen LogP contribution in [0.15, 0.2) is 23.1 Å². The van der Waals surface area contributed by atoms with Crippen LogP contribution in [0.25, 0.3) is 0 Å². The van der Waals surface area contributed by atoms with Gasteiger partial charge < -0.3 is 5.32 Å². The average Bonchev–Trinajstić information content (AvgIpc) is 2.85. The molecule has 0 spiro atoms. The fourth-order valence-corrected chi connectivity index (χ4v) is 7.52. The molecule has 1 aliphatic carbocycles. The molecule has 3 fully saturated rings. The highest BCUT2D eigenvalue weighted by Crippen LogP contribution is 2.35. The lowest BCUT2D eigenvalue weighted by atomic mass is 9.79. The van der Waals surface area contributed by atoms with Gasteiger partial charge in [0.1, 0.15) is 0 Å². The summed E-state index contributed by atoms with van der Waals surface area (Å²) in [6.45, 7) is 7.80. The van der Waals surface area contributed by atoms with Crippen molar-refractivity contribution >= 4 is 15.9 Å². The van der Waals surface area contributed by atoms with Crippen molar-refractivity contribution in [2.75, 3.05) is 32.7 Å². The topological polar surface area (TPSA) is 69.7 Å². The molecule has 3 aliphatic rings. The maximum Gasteiger partial charge on any atom is 0.243 e. The zero-order chi connectivity index (χ0) is 23.5. The second kappa shape index (κ2) is 10.4. The van der Waals surface area contributed by atoms with Gasteiger partial charge in [0, 0.05) is 31.1 Å². The number of rotatable bonds is 6. The Labute approximate surface area is 200 Å². The number of hydrogen-bond donors (Lipinski definition) is 1. The highest BCUT2D eigenvalue weighted by Gasteiger charge is 2.39. The van der Waals surface area contributed by atoms with E-state index < -0.39 is 10.0 Å². The third-order valence-electron chi connectivity index (χ3n) is 8.34. The van der Waals surface area contributed by atoms with Crippen LogP contribution >= 0.6 is 0 Å². The molecule has 0 atom stereocenters. The van der Waals surface area contributed by atoms with Crippen molar-refractivity contribution < 1.29 is 13.2 Å². The maximum atomic E-state index is 13.1. The number of piperidine rings is 2. The van der Waals surface area contributed by atoms with E-state index in [1.54, 1.807) is 16.4 Å². The molecule has 2 heterocycles. The number of aryl methyl sites for hydroxylation is 2. The zero-order valence-electron chi connectivity index (χ0n) is 20.4. The summed E-state index contributed by atoms with van der Waals surface area (Å²) < 4.78 is 27.7. The van der Waals surface area contributed by atoms with E-state index in [0.29, 0.717) is 30.8 Å². The summed E-state index contributed by atoms with van der Waals surface area (Å²) in [5.41, 5.74) is 2.20. The summed E-state index contributed by atoms with van der Waals surface area (Å²) in [6.07, 6.45) is 11.2. The first-order chi connectivity index (χ1) is 15.8. The first-order valence-corrected chi connectivity index (χ1v) is 14.4. The van der Waals surface area contributed by atoms with Crippen LogP contribution in [0.2, 0.25) is 0 Å². The van der Waals surface area contributed by atoms with Crippen LogP contribution in [-0.2, 0) is 14.8 Å². The number of nitrogens with zero attached hydrogens (tertiary/aromatic N) is 2. The molecule has 1 aromatic rings. The van der Waals surface area contributed by atoms with Crippen molar-refractivity contribution in [3.63, 3.8) is 0 Å². The Balaban J connectivity index is 1.33. The molecule has 0 aromatic heterocycles. The molecule has 4 rings (SSSR count). The van der Waals surface area contributed by atoms with Crippen molar-refractivity contribution in [3.05, 3.63) is 29.3 Å². The van der Waals surface area contributed by atoms with E-state index in [4.69, 9.17) is 0 Å². The molecule has 0 radical (unpaired) electrons. The van der Waals surface area contributed by atoms with E-state index in [-0.39, 0.29) is 17.4 Å². The van der Waals surface area contributed by atoms with Crippen LogP contribution in [0.3, 0.4) is 0 Å². The molecule has 1 amide bonds. The van der Waals surface area contributed by atoms with Crippen LogP contribution in [0.4, 0.5) is 0 Å². The lowest BCUT2D eigenvalue weighted by Crippen LogP contribution is -2.58. The van der Waals surface area contributed by atoms with E-state index in [1.165, 1.54) is 51.4 Å². The molecule has 33 heavy (non-hydrogen) atoms. The molecule has 1 saturated carbocycles. The van der Waals surface area contributed by atoms with E-state index >= 15 is 0 Å². The summed E-state index contributed by atoms with van der Waals surface area (Å²) in [7, 11) is -3.51. The largest absolute Gasteiger partial charge is 0.354 e. The second-order valence-electron chi connectivity index (χ2n) is 10.5. The fraction of sp³-hybridized carbons (Fsp3) is 0.731. The van der Waals surface area contributed by atoms with E-state index in [0.717, 1.165) is 30.8 Å². The first kappa shape index (κ1) is 24.7. The maximum absolute atomic E-state index is 13.1. The third-order valence-corrected chi connectivity index (χ3v) is 10.2. The number of carbonyl (C=O) groups is 1. The Morgan fingerprint density at radius 1 is 0.939 bits per heavy atom. The molecule has 1 N–H and O–H groups in total. The van der Waals surface area contributed by atoms with Gasteiger partial charge in [-0.1, -0.05) is 31.7 Å². The second-order valence-corrected chi connectivity index (χ2v) is 12.4. The summed E-state index contributed by atoms with van der Waals surface area (Å²) >= 11 is 0. The summed E-state index contributed by atoms with van der Waals surface area (Å²) in [4.78, 5) is 16.1. The molecule has 1 aromatic carbocycles. The number of amides is 1. The van der Waals surface area contributed by atoms with E-state index in [2.05, 4.69) is 10.2 Å². The molecule has 184 valence electrons. The number of sulfonamides is 1. The smallest absolute Gasteiger partial charge is 0.243 e. The minimum absolute atomic E-state index is 0.0989. The van der Waals surface area contributed by atoms with Gasteiger partial charge in [-0.25, -0.2) is 8.42 Å². The number of benzene rings is 1. The third kappa shape index (κ3) is 5.46. The van der Waals surface area contributed by atoms with Gasteiger partial charge in [-0.05, 0) is 88.7 Å². The number of carbonyl (C=O) groups excluding carboxylic acids is 1. The van der Waals surface area contributed by atoms with Crippen molar-refractivity contribution in [2.24, 2.45) is 5.92 Å². The SMILES string of the molecule is Cc1ccc(S(=O)(=O)N2CCC(C(=O)NCC3(N4CCCCC4)CCCCC3)CC2)cc1C. The van der Waals surface area contributed by atoms with Crippen molar-refractivity contribution in [1.29, 1.82) is 0 Å². The highest BCUT2D eigenvalue weighted by atomic mass is 32.2. The van der Waals surface area contributed by atoms with Crippen LogP contribution in [0, 0.1) is 19.8 Å². The Hall–Kier alpha value is -1.44.